The van der Waals surface area contributed by atoms with E-state index in [1.54, 1.807) is 6.92 Å². The monoisotopic (exact) mass is 607 g/mol. The summed E-state index contributed by atoms with van der Waals surface area (Å²) in [5.41, 5.74) is -2.62. The Hall–Kier alpha value is -4.07. The molecule has 8 nitrogen and oxygen atoms in total. The maximum atomic E-state index is 16.4. The number of aromatic amines is 1. The number of nitrogens with one attached hydrogen (secondary N) is 2. The fourth-order valence-corrected chi connectivity index (χ4v) is 6.42. The number of phenols is 1. The average Bonchev–Trinajstić information content (AvgIpc) is 3.47. The van der Waals surface area contributed by atoms with E-state index in [1.807, 2.05) is 10.2 Å². The summed E-state index contributed by atoms with van der Waals surface area (Å²) in [4.78, 5) is 25.7. The number of nitrogens with zero attached hydrogens (tertiary/aromatic N) is 3. The first-order chi connectivity index (χ1) is 20.4. The van der Waals surface area contributed by atoms with Crippen LogP contribution in [-0.2, 0) is 6.42 Å². The minimum absolute atomic E-state index is 0.0471. The molecule has 43 heavy (non-hydrogen) atoms. The summed E-state index contributed by atoms with van der Waals surface area (Å²) in [6.07, 6.45) is -3.95. The predicted octanol–water partition coefficient (Wildman–Crippen LogP) is 5.61. The number of pyridine rings is 1. The molecule has 2 aromatic carbocycles. The molecule has 4 heterocycles. The standard InChI is InChI=1S/C29H27F6N5O3/c1-2-17-19(31)5-4-14-8-16(41)9-18(20(14)17)23-22(32)24-21(26(42)37-23)25(36-12-29(33,34)35)39-27(38-24)43-13-28-6-3-7-40(28)11-15(30)10-28/h4-5,8-9,15,41H,2-3,6-7,10-13H2,1H3,(H,37,42)(H,36,38,39)/t15-,28+/m1/s1. The van der Waals surface area contributed by atoms with E-state index in [-0.39, 0.29) is 48.3 Å². The first-order valence-corrected chi connectivity index (χ1v) is 13.8. The zero-order valence-electron chi connectivity index (χ0n) is 22.9. The highest BCUT2D eigenvalue weighted by Crippen LogP contribution is 2.41. The smallest absolute Gasteiger partial charge is 0.405 e. The minimum Gasteiger partial charge on any atom is -0.508 e. The van der Waals surface area contributed by atoms with Gasteiger partial charge in [-0.3, -0.25) is 9.69 Å². The van der Waals surface area contributed by atoms with Crippen LogP contribution in [-0.4, -0.2) is 69.1 Å². The number of H-pyrrole nitrogens is 1. The molecule has 0 amide bonds. The third-order valence-electron chi connectivity index (χ3n) is 8.24. The molecular formula is C29H27F6N5O3. The van der Waals surface area contributed by atoms with E-state index < -0.39 is 70.1 Å². The van der Waals surface area contributed by atoms with E-state index in [4.69, 9.17) is 4.74 Å². The van der Waals surface area contributed by atoms with E-state index in [2.05, 4.69) is 15.0 Å². The number of rotatable bonds is 7. The molecule has 2 saturated heterocycles. The van der Waals surface area contributed by atoms with Crippen molar-refractivity contribution in [1.29, 1.82) is 0 Å². The summed E-state index contributed by atoms with van der Waals surface area (Å²) < 4.78 is 90.6. The number of benzene rings is 2. The van der Waals surface area contributed by atoms with E-state index >= 15 is 4.39 Å². The molecule has 0 aliphatic carbocycles. The fraction of sp³-hybridized carbons (Fsp3) is 0.414. The minimum atomic E-state index is -4.70. The maximum absolute atomic E-state index is 16.4. The highest BCUT2D eigenvalue weighted by molar-refractivity contribution is 6.01. The van der Waals surface area contributed by atoms with Crippen LogP contribution in [0.15, 0.2) is 29.1 Å². The number of hydrogen-bond acceptors (Lipinski definition) is 7. The van der Waals surface area contributed by atoms with Gasteiger partial charge in [-0.05, 0) is 60.3 Å². The summed E-state index contributed by atoms with van der Waals surface area (Å²) in [7, 11) is 0. The van der Waals surface area contributed by atoms with Gasteiger partial charge in [-0.25, -0.2) is 13.2 Å². The van der Waals surface area contributed by atoms with Crippen LogP contribution in [0.3, 0.4) is 0 Å². The molecule has 4 aromatic rings. The van der Waals surface area contributed by atoms with Crippen molar-refractivity contribution in [2.24, 2.45) is 0 Å². The van der Waals surface area contributed by atoms with Crippen molar-refractivity contribution in [1.82, 2.24) is 19.9 Å². The molecule has 2 aromatic heterocycles. The summed E-state index contributed by atoms with van der Waals surface area (Å²) in [5.74, 6) is -2.63. The summed E-state index contributed by atoms with van der Waals surface area (Å²) in [5, 5.41) is 12.4. The summed E-state index contributed by atoms with van der Waals surface area (Å²) in [6, 6.07) is 4.62. The van der Waals surface area contributed by atoms with Crippen LogP contribution in [0, 0.1) is 11.6 Å². The van der Waals surface area contributed by atoms with E-state index in [0.29, 0.717) is 18.4 Å². The Labute approximate surface area is 240 Å². The Morgan fingerprint density at radius 2 is 2.00 bits per heavy atom. The van der Waals surface area contributed by atoms with Crippen molar-refractivity contribution in [3.8, 4) is 23.0 Å². The number of halogens is 6. The average molecular weight is 608 g/mol. The zero-order valence-corrected chi connectivity index (χ0v) is 22.9. The number of aromatic hydroxyl groups is 1. The number of phenolic OH excluding ortho intramolecular Hbond substituents is 1. The highest BCUT2D eigenvalue weighted by atomic mass is 19.4. The van der Waals surface area contributed by atoms with Gasteiger partial charge in [0.25, 0.3) is 5.56 Å². The maximum Gasteiger partial charge on any atom is 0.405 e. The number of aromatic nitrogens is 3. The lowest BCUT2D eigenvalue weighted by atomic mass is 9.94. The number of hydrogen-bond donors (Lipinski definition) is 3. The van der Waals surface area contributed by atoms with Gasteiger partial charge in [-0.1, -0.05) is 13.0 Å². The summed E-state index contributed by atoms with van der Waals surface area (Å²) in [6.45, 7) is 0.896. The molecule has 2 fully saturated rings. The molecule has 0 saturated carbocycles. The van der Waals surface area contributed by atoms with Gasteiger partial charge in [0.15, 0.2) is 5.82 Å². The lowest BCUT2D eigenvalue weighted by Gasteiger charge is -2.30. The van der Waals surface area contributed by atoms with Gasteiger partial charge in [0, 0.05) is 18.5 Å². The Kier molecular flexibility index (Phi) is 7.14. The van der Waals surface area contributed by atoms with Crippen LogP contribution in [0.5, 0.6) is 11.8 Å². The molecule has 0 radical (unpaired) electrons. The van der Waals surface area contributed by atoms with Crippen LogP contribution in [0.4, 0.5) is 32.2 Å². The second-order valence-corrected chi connectivity index (χ2v) is 11.0. The largest absolute Gasteiger partial charge is 0.508 e. The molecule has 228 valence electrons. The van der Waals surface area contributed by atoms with Crippen molar-refractivity contribution in [2.75, 3.05) is 31.6 Å². The van der Waals surface area contributed by atoms with Gasteiger partial charge in [0.05, 0.1) is 11.2 Å². The van der Waals surface area contributed by atoms with Crippen LogP contribution < -0.4 is 15.6 Å². The molecule has 3 N–H and O–H groups in total. The molecule has 2 aliphatic heterocycles. The second-order valence-electron chi connectivity index (χ2n) is 11.0. The van der Waals surface area contributed by atoms with Crippen molar-refractivity contribution in [2.45, 2.75) is 50.5 Å². The van der Waals surface area contributed by atoms with Crippen LogP contribution in [0.2, 0.25) is 0 Å². The molecule has 14 heteroatoms. The van der Waals surface area contributed by atoms with Gasteiger partial charge in [0.1, 0.15) is 47.6 Å². The van der Waals surface area contributed by atoms with E-state index in [9.17, 15) is 31.9 Å². The zero-order chi connectivity index (χ0) is 30.7. The van der Waals surface area contributed by atoms with Gasteiger partial charge >= 0.3 is 12.2 Å². The van der Waals surface area contributed by atoms with Gasteiger partial charge in [0.2, 0.25) is 0 Å². The van der Waals surface area contributed by atoms with Crippen molar-refractivity contribution >= 4 is 27.5 Å². The number of anilines is 1. The van der Waals surface area contributed by atoms with Crippen molar-refractivity contribution in [3.63, 3.8) is 0 Å². The van der Waals surface area contributed by atoms with Crippen LogP contribution in [0.25, 0.3) is 32.9 Å². The van der Waals surface area contributed by atoms with Gasteiger partial charge < -0.3 is 20.1 Å². The SMILES string of the molecule is CCc1c(F)ccc2cc(O)cc(-c3[nH]c(=O)c4c(NCC(F)(F)F)nc(OC[C@@]56CCCN5C[C@H](F)C6)nc4c3F)c12. The van der Waals surface area contributed by atoms with Gasteiger partial charge in [-0.15, -0.1) is 0 Å². The third-order valence-corrected chi connectivity index (χ3v) is 8.24. The Balaban J connectivity index is 1.52. The number of alkyl halides is 4. The Bertz CT molecular complexity index is 1800. The second kappa shape index (κ2) is 10.6. The first-order valence-electron chi connectivity index (χ1n) is 13.8. The number of ether oxygens (including phenoxy) is 1. The Morgan fingerprint density at radius 1 is 1.21 bits per heavy atom. The number of fused-ring (bicyclic) bond motifs is 3. The van der Waals surface area contributed by atoms with Crippen LogP contribution >= 0.6 is 0 Å². The first kappa shape index (κ1) is 29.0. The third kappa shape index (κ3) is 5.21. The molecule has 2 atom stereocenters. The molecule has 0 bridgehead atoms. The van der Waals surface area contributed by atoms with E-state index in [0.717, 1.165) is 12.5 Å². The lowest BCUT2D eigenvalue weighted by molar-refractivity contribution is -0.115. The van der Waals surface area contributed by atoms with Gasteiger partial charge in [-0.2, -0.15) is 23.1 Å². The molecule has 2 aliphatic rings. The highest BCUT2D eigenvalue weighted by Gasteiger charge is 2.49. The molecular weight excluding hydrogens is 580 g/mol. The van der Waals surface area contributed by atoms with Crippen molar-refractivity contribution in [3.05, 3.63) is 51.8 Å². The molecule has 6 rings (SSSR count). The van der Waals surface area contributed by atoms with Crippen LogP contribution in [0.1, 0.15) is 31.7 Å². The van der Waals surface area contributed by atoms with Crippen molar-refractivity contribution < 1.29 is 36.2 Å². The number of aryl methyl sites for hydroxylation is 1. The lowest BCUT2D eigenvalue weighted by Crippen LogP contribution is -2.43. The molecule has 0 unspecified atom stereocenters. The normalized spacial score (nSPS) is 20.7. The predicted molar refractivity (Wildman–Crippen MR) is 147 cm³/mol. The van der Waals surface area contributed by atoms with E-state index in [1.165, 1.54) is 18.2 Å². The Morgan fingerprint density at radius 3 is 2.74 bits per heavy atom. The topological polar surface area (TPSA) is 103 Å². The summed E-state index contributed by atoms with van der Waals surface area (Å²) >= 11 is 0. The molecule has 0 spiro atoms. The quantitative estimate of drug-likeness (QED) is 0.235. The fourth-order valence-electron chi connectivity index (χ4n) is 6.42.